The normalized spacial score (nSPS) is 8.60. The molecule has 56 valence electrons. The molecule has 0 spiro atoms. The lowest BCUT2D eigenvalue weighted by Crippen LogP contribution is -1.97. The van der Waals surface area contributed by atoms with Crippen molar-refractivity contribution in [2.75, 3.05) is 0 Å². The zero-order valence-corrected chi connectivity index (χ0v) is 6.09. The van der Waals surface area contributed by atoms with Crippen LogP contribution in [0.5, 0.6) is 0 Å². The molecule has 0 fully saturated rings. The summed E-state index contributed by atoms with van der Waals surface area (Å²) in [5.74, 6) is 0. The van der Waals surface area contributed by atoms with Gasteiger partial charge in [0.1, 0.15) is 0 Å². The van der Waals surface area contributed by atoms with E-state index >= 15 is 0 Å². The minimum atomic E-state index is 0. The molecule has 1 aromatic rings. The number of hydrogen-bond acceptors (Lipinski definition) is 1. The molecule has 1 aromatic carbocycles. The zero-order valence-electron chi connectivity index (χ0n) is 6.09. The van der Waals surface area contributed by atoms with E-state index in [1.807, 2.05) is 12.1 Å². The van der Waals surface area contributed by atoms with E-state index in [0.717, 1.165) is 0 Å². The van der Waals surface area contributed by atoms with Crippen molar-refractivity contribution in [1.82, 2.24) is 0 Å². The maximum Gasteiger partial charge on any atom is 0.0180 e. The maximum absolute atomic E-state index is 5.45. The summed E-state index contributed by atoms with van der Waals surface area (Å²) in [6.45, 7) is 2.72. The van der Waals surface area contributed by atoms with Gasteiger partial charge in [-0.05, 0) is 18.1 Å². The molecule has 4 N–H and O–H groups in total. The van der Waals surface area contributed by atoms with E-state index in [9.17, 15) is 0 Å². The Hall–Kier alpha value is -0.860. The van der Waals surface area contributed by atoms with E-state index < -0.39 is 0 Å². The monoisotopic (exact) mass is 139 g/mol. The molecule has 1 rings (SSSR count). The highest BCUT2D eigenvalue weighted by molar-refractivity contribution is 5.24. The summed E-state index contributed by atoms with van der Waals surface area (Å²) in [6, 6.07) is 8.15. The summed E-state index contributed by atoms with van der Waals surface area (Å²) in [7, 11) is 0. The van der Waals surface area contributed by atoms with E-state index in [1.54, 1.807) is 0 Å². The molecule has 0 atom stereocenters. The Morgan fingerprint density at radius 3 is 2.30 bits per heavy atom. The van der Waals surface area contributed by atoms with E-state index in [2.05, 4.69) is 19.1 Å². The third-order valence-corrected chi connectivity index (χ3v) is 1.48. The molecule has 0 saturated heterocycles. The number of nitrogens with two attached hydrogens (primary N) is 1. The molecule has 0 bridgehead atoms. The van der Waals surface area contributed by atoms with Crippen molar-refractivity contribution in [2.24, 2.45) is 5.73 Å². The molecule has 0 aliphatic rings. The first-order valence-electron chi connectivity index (χ1n) is 3.09. The number of rotatable bonds is 1. The van der Waals surface area contributed by atoms with Gasteiger partial charge < -0.3 is 11.2 Å². The molecule has 0 heterocycles. The summed E-state index contributed by atoms with van der Waals surface area (Å²) in [4.78, 5) is 0. The molecule has 0 saturated carbocycles. The number of hydrogen-bond donors (Lipinski definition) is 1. The molecule has 0 radical (unpaired) electrons. The van der Waals surface area contributed by atoms with Gasteiger partial charge in [-0.2, -0.15) is 0 Å². The smallest absolute Gasteiger partial charge is 0.0180 e. The fourth-order valence-electron chi connectivity index (χ4n) is 0.839. The Morgan fingerprint density at radius 2 is 1.90 bits per heavy atom. The third kappa shape index (κ3) is 1.83. The van der Waals surface area contributed by atoms with Gasteiger partial charge in [0.25, 0.3) is 0 Å². The second-order valence-electron chi connectivity index (χ2n) is 2.13. The van der Waals surface area contributed by atoms with Crippen LogP contribution in [0.3, 0.4) is 0 Å². The second kappa shape index (κ2) is 4.04. The van der Waals surface area contributed by atoms with Crippen molar-refractivity contribution in [3.8, 4) is 0 Å². The van der Waals surface area contributed by atoms with E-state index in [-0.39, 0.29) is 5.48 Å². The van der Waals surface area contributed by atoms with Crippen molar-refractivity contribution < 1.29 is 5.48 Å². The van der Waals surface area contributed by atoms with Gasteiger partial charge in [0.05, 0.1) is 0 Å². The summed E-state index contributed by atoms with van der Waals surface area (Å²) in [5.41, 5.74) is 7.96. The van der Waals surface area contributed by atoms with Gasteiger partial charge in [0.2, 0.25) is 0 Å². The Balaban J connectivity index is 0.000000810. The summed E-state index contributed by atoms with van der Waals surface area (Å²) >= 11 is 0. The van der Waals surface area contributed by atoms with Crippen LogP contribution >= 0.6 is 0 Å². The van der Waals surface area contributed by atoms with Crippen LogP contribution in [0.2, 0.25) is 0 Å². The van der Waals surface area contributed by atoms with Crippen LogP contribution in [0.1, 0.15) is 11.1 Å². The SMILES string of the molecule is Cc1ccccc1CN.O. The molecular weight excluding hydrogens is 126 g/mol. The Bertz CT molecular complexity index is 198. The highest BCUT2D eigenvalue weighted by atomic mass is 16.0. The lowest BCUT2D eigenvalue weighted by molar-refractivity contribution is 0.824. The quantitative estimate of drug-likeness (QED) is 0.609. The van der Waals surface area contributed by atoms with Crippen LogP contribution in [0.15, 0.2) is 24.3 Å². The van der Waals surface area contributed by atoms with Crippen LogP contribution in [0.25, 0.3) is 0 Å². The van der Waals surface area contributed by atoms with Gasteiger partial charge in [-0.3, -0.25) is 0 Å². The first-order chi connectivity index (χ1) is 4.34. The fourth-order valence-corrected chi connectivity index (χ4v) is 0.839. The standard InChI is InChI=1S/C8H11N.H2O/c1-7-4-2-3-5-8(7)6-9;/h2-5H,6,9H2,1H3;1H2. The van der Waals surface area contributed by atoms with Gasteiger partial charge in [-0.15, -0.1) is 0 Å². The molecule has 0 aromatic heterocycles. The zero-order chi connectivity index (χ0) is 6.69. The van der Waals surface area contributed by atoms with Gasteiger partial charge in [-0.25, -0.2) is 0 Å². The molecule has 2 heteroatoms. The van der Waals surface area contributed by atoms with Crippen molar-refractivity contribution in [2.45, 2.75) is 13.5 Å². The van der Waals surface area contributed by atoms with Crippen molar-refractivity contribution in [3.63, 3.8) is 0 Å². The minimum absolute atomic E-state index is 0. The van der Waals surface area contributed by atoms with Crippen LogP contribution in [-0.4, -0.2) is 5.48 Å². The van der Waals surface area contributed by atoms with E-state index in [0.29, 0.717) is 6.54 Å². The lowest BCUT2D eigenvalue weighted by Gasteiger charge is -1.98. The van der Waals surface area contributed by atoms with Gasteiger partial charge >= 0.3 is 0 Å². The predicted octanol–water partition coefficient (Wildman–Crippen LogP) is 0.629. The lowest BCUT2D eigenvalue weighted by atomic mass is 10.1. The van der Waals surface area contributed by atoms with Crippen molar-refractivity contribution in [3.05, 3.63) is 35.4 Å². The Morgan fingerprint density at radius 1 is 1.30 bits per heavy atom. The molecule has 0 aliphatic heterocycles. The summed E-state index contributed by atoms with van der Waals surface area (Å²) in [5, 5.41) is 0. The van der Waals surface area contributed by atoms with Gasteiger partial charge in [0.15, 0.2) is 0 Å². The average Bonchev–Trinajstić information content (AvgIpc) is 1.89. The Kier molecular flexibility index (Phi) is 3.69. The average molecular weight is 139 g/mol. The molecule has 10 heavy (non-hydrogen) atoms. The molecule has 0 unspecified atom stereocenters. The van der Waals surface area contributed by atoms with Crippen LogP contribution in [0.4, 0.5) is 0 Å². The summed E-state index contributed by atoms with van der Waals surface area (Å²) < 4.78 is 0. The summed E-state index contributed by atoms with van der Waals surface area (Å²) in [6.07, 6.45) is 0. The first-order valence-corrected chi connectivity index (χ1v) is 3.09. The topological polar surface area (TPSA) is 57.5 Å². The van der Waals surface area contributed by atoms with Crippen LogP contribution < -0.4 is 5.73 Å². The van der Waals surface area contributed by atoms with Crippen LogP contribution in [-0.2, 0) is 6.54 Å². The number of aryl methyl sites for hydroxylation is 1. The molecule has 0 aliphatic carbocycles. The van der Waals surface area contributed by atoms with Crippen LogP contribution in [0, 0.1) is 6.92 Å². The molecular formula is C8H13NO. The maximum atomic E-state index is 5.45. The number of benzene rings is 1. The largest absolute Gasteiger partial charge is 0.412 e. The van der Waals surface area contributed by atoms with Gasteiger partial charge in [-0.1, -0.05) is 24.3 Å². The van der Waals surface area contributed by atoms with Crippen molar-refractivity contribution in [1.29, 1.82) is 0 Å². The fraction of sp³-hybridized carbons (Fsp3) is 0.250. The van der Waals surface area contributed by atoms with Gasteiger partial charge in [0, 0.05) is 6.54 Å². The third-order valence-electron chi connectivity index (χ3n) is 1.48. The second-order valence-corrected chi connectivity index (χ2v) is 2.13. The van der Waals surface area contributed by atoms with Crippen molar-refractivity contribution >= 4 is 0 Å². The predicted molar refractivity (Wildman–Crippen MR) is 42.7 cm³/mol. The Labute approximate surface area is 61.0 Å². The highest BCUT2D eigenvalue weighted by Crippen LogP contribution is 2.04. The van der Waals surface area contributed by atoms with E-state index in [4.69, 9.17) is 5.73 Å². The highest BCUT2D eigenvalue weighted by Gasteiger charge is 1.89. The molecule has 2 nitrogen and oxygen atoms in total. The molecule has 0 amide bonds. The first kappa shape index (κ1) is 9.14. The van der Waals surface area contributed by atoms with E-state index in [1.165, 1.54) is 11.1 Å². The minimum Gasteiger partial charge on any atom is -0.412 e.